The second-order valence-electron chi connectivity index (χ2n) is 7.26. The van der Waals surface area contributed by atoms with Crippen LogP contribution in [-0.4, -0.2) is 47.3 Å². The monoisotopic (exact) mass is 379 g/mol. The number of rotatable bonds is 6. The molecule has 4 rings (SSSR count). The first-order chi connectivity index (χ1) is 13.6. The van der Waals surface area contributed by atoms with Gasteiger partial charge in [0.1, 0.15) is 5.75 Å². The maximum absolute atomic E-state index is 12.7. The summed E-state index contributed by atoms with van der Waals surface area (Å²) in [5, 5.41) is 14.6. The van der Waals surface area contributed by atoms with Gasteiger partial charge in [0, 0.05) is 48.7 Å². The first kappa shape index (κ1) is 18.7. The molecule has 6 nitrogen and oxygen atoms in total. The smallest absolute Gasteiger partial charge is 0.252 e. The Bertz CT molecular complexity index is 1000. The SMILES string of the molecule is COc1ccc2[nH]c(=O)c(CN(Cc3ccccc3)[C@@H]3CNC[C@H]3O)cc2c1. The van der Waals surface area contributed by atoms with Crippen LogP contribution in [0.3, 0.4) is 0 Å². The van der Waals surface area contributed by atoms with E-state index in [-0.39, 0.29) is 11.6 Å². The Morgan fingerprint density at radius 1 is 1.11 bits per heavy atom. The Morgan fingerprint density at radius 3 is 2.64 bits per heavy atom. The molecule has 0 amide bonds. The van der Waals surface area contributed by atoms with E-state index in [2.05, 4.69) is 27.3 Å². The minimum absolute atomic E-state index is 0.0411. The average Bonchev–Trinajstić information content (AvgIpc) is 3.14. The van der Waals surface area contributed by atoms with Gasteiger partial charge in [-0.05, 0) is 29.8 Å². The molecule has 1 aliphatic rings. The lowest BCUT2D eigenvalue weighted by Crippen LogP contribution is -2.43. The van der Waals surface area contributed by atoms with Gasteiger partial charge in [-0.2, -0.15) is 0 Å². The molecule has 1 fully saturated rings. The van der Waals surface area contributed by atoms with Crippen molar-refractivity contribution >= 4 is 10.9 Å². The fourth-order valence-electron chi connectivity index (χ4n) is 3.83. The van der Waals surface area contributed by atoms with Crippen molar-refractivity contribution in [3.8, 4) is 5.75 Å². The molecule has 2 atom stereocenters. The van der Waals surface area contributed by atoms with Gasteiger partial charge in [-0.25, -0.2) is 0 Å². The second kappa shape index (κ2) is 8.14. The van der Waals surface area contributed by atoms with Crippen molar-refractivity contribution in [2.45, 2.75) is 25.2 Å². The molecule has 3 N–H and O–H groups in total. The van der Waals surface area contributed by atoms with E-state index in [9.17, 15) is 9.90 Å². The van der Waals surface area contributed by atoms with Crippen molar-refractivity contribution < 1.29 is 9.84 Å². The summed E-state index contributed by atoms with van der Waals surface area (Å²) in [5.41, 5.74) is 2.51. The number of β-amino-alcohol motifs (C(OH)–C–C–N with tert-alkyl or cyclic N) is 1. The number of hydrogen-bond acceptors (Lipinski definition) is 5. The number of hydrogen-bond donors (Lipinski definition) is 3. The van der Waals surface area contributed by atoms with Crippen LogP contribution in [0, 0.1) is 0 Å². The number of aromatic nitrogens is 1. The molecule has 1 aliphatic heterocycles. The highest BCUT2D eigenvalue weighted by molar-refractivity contribution is 5.80. The summed E-state index contributed by atoms with van der Waals surface area (Å²) in [6.45, 7) is 2.40. The van der Waals surface area contributed by atoms with Crippen LogP contribution >= 0.6 is 0 Å². The lowest BCUT2D eigenvalue weighted by molar-refractivity contribution is 0.0728. The fraction of sp³-hybridized carbons (Fsp3) is 0.318. The summed E-state index contributed by atoms with van der Waals surface area (Å²) < 4.78 is 5.30. The van der Waals surface area contributed by atoms with E-state index < -0.39 is 6.10 Å². The predicted molar refractivity (Wildman–Crippen MR) is 109 cm³/mol. The number of benzene rings is 2. The summed E-state index contributed by atoms with van der Waals surface area (Å²) in [7, 11) is 1.63. The molecule has 0 bridgehead atoms. The van der Waals surface area contributed by atoms with Crippen LogP contribution in [0.25, 0.3) is 10.9 Å². The summed E-state index contributed by atoms with van der Waals surface area (Å²) >= 11 is 0. The number of H-pyrrole nitrogens is 1. The number of aliphatic hydroxyl groups is 1. The van der Waals surface area contributed by atoms with E-state index in [4.69, 9.17) is 4.74 Å². The average molecular weight is 379 g/mol. The Kier molecular flexibility index (Phi) is 5.43. The van der Waals surface area contributed by atoms with Gasteiger partial charge in [-0.3, -0.25) is 9.69 Å². The largest absolute Gasteiger partial charge is 0.497 e. The maximum Gasteiger partial charge on any atom is 0.252 e. The molecule has 3 aromatic rings. The maximum atomic E-state index is 12.7. The third-order valence-corrected chi connectivity index (χ3v) is 5.35. The van der Waals surface area contributed by atoms with Crippen LogP contribution in [0.15, 0.2) is 59.4 Å². The molecule has 28 heavy (non-hydrogen) atoms. The van der Waals surface area contributed by atoms with Gasteiger partial charge in [0.15, 0.2) is 0 Å². The topological polar surface area (TPSA) is 77.6 Å². The molecule has 0 radical (unpaired) electrons. The number of pyridine rings is 1. The van der Waals surface area contributed by atoms with Gasteiger partial charge in [-0.15, -0.1) is 0 Å². The normalized spacial score (nSPS) is 19.4. The molecular weight excluding hydrogens is 354 g/mol. The van der Waals surface area contributed by atoms with Crippen LogP contribution in [0.1, 0.15) is 11.1 Å². The number of fused-ring (bicyclic) bond motifs is 1. The molecule has 146 valence electrons. The Labute approximate surface area is 163 Å². The Morgan fingerprint density at radius 2 is 1.93 bits per heavy atom. The summed E-state index contributed by atoms with van der Waals surface area (Å²) in [4.78, 5) is 17.8. The zero-order valence-corrected chi connectivity index (χ0v) is 15.9. The number of nitrogens with zero attached hydrogens (tertiary/aromatic N) is 1. The lowest BCUT2D eigenvalue weighted by Gasteiger charge is -2.30. The predicted octanol–water partition coefficient (Wildman–Crippen LogP) is 1.87. The summed E-state index contributed by atoms with van der Waals surface area (Å²) in [6.07, 6.45) is -0.455. The number of nitrogens with one attached hydrogen (secondary N) is 2. The van der Waals surface area contributed by atoms with Gasteiger partial charge in [0.25, 0.3) is 5.56 Å². The van der Waals surface area contributed by atoms with Gasteiger partial charge in [0.05, 0.1) is 13.2 Å². The van der Waals surface area contributed by atoms with Crippen molar-refractivity contribution in [1.82, 2.24) is 15.2 Å². The highest BCUT2D eigenvalue weighted by Gasteiger charge is 2.31. The van der Waals surface area contributed by atoms with Crippen LogP contribution < -0.4 is 15.6 Å². The molecule has 6 heteroatoms. The number of ether oxygens (including phenoxy) is 1. The molecule has 2 aromatic carbocycles. The summed E-state index contributed by atoms with van der Waals surface area (Å²) in [6, 6.07) is 17.6. The zero-order chi connectivity index (χ0) is 19.5. The molecule has 0 spiro atoms. The lowest BCUT2D eigenvalue weighted by atomic mass is 10.1. The first-order valence-electron chi connectivity index (χ1n) is 9.51. The second-order valence-corrected chi connectivity index (χ2v) is 7.26. The highest BCUT2D eigenvalue weighted by atomic mass is 16.5. The van der Waals surface area contributed by atoms with Crippen LogP contribution in [-0.2, 0) is 13.1 Å². The molecule has 2 heterocycles. The van der Waals surface area contributed by atoms with Gasteiger partial charge in [-0.1, -0.05) is 30.3 Å². The molecule has 0 saturated carbocycles. The Hall–Kier alpha value is -2.67. The zero-order valence-electron chi connectivity index (χ0n) is 15.9. The standard InChI is InChI=1S/C22H25N3O3/c1-28-18-7-8-19-16(10-18)9-17(22(27)24-19)14-25(20-11-23-12-21(20)26)13-15-5-3-2-4-6-15/h2-10,20-21,23,26H,11-14H2,1H3,(H,24,27)/t20-,21-/m1/s1. The van der Waals surface area contributed by atoms with Crippen LogP contribution in [0.5, 0.6) is 5.75 Å². The van der Waals surface area contributed by atoms with Crippen molar-refractivity contribution in [3.05, 3.63) is 76.1 Å². The van der Waals surface area contributed by atoms with Crippen molar-refractivity contribution in [2.24, 2.45) is 0 Å². The van der Waals surface area contributed by atoms with E-state index in [1.54, 1.807) is 7.11 Å². The van der Waals surface area contributed by atoms with E-state index >= 15 is 0 Å². The number of aliphatic hydroxyl groups excluding tert-OH is 1. The van der Waals surface area contributed by atoms with E-state index in [1.807, 2.05) is 42.5 Å². The number of methoxy groups -OCH3 is 1. The molecule has 0 unspecified atom stereocenters. The highest BCUT2D eigenvalue weighted by Crippen LogP contribution is 2.21. The van der Waals surface area contributed by atoms with E-state index in [1.165, 1.54) is 0 Å². The summed E-state index contributed by atoms with van der Waals surface area (Å²) in [5.74, 6) is 0.752. The molecule has 1 aromatic heterocycles. The molecule has 0 aliphatic carbocycles. The van der Waals surface area contributed by atoms with E-state index in [0.717, 1.165) is 22.2 Å². The van der Waals surface area contributed by atoms with Crippen molar-refractivity contribution in [1.29, 1.82) is 0 Å². The van der Waals surface area contributed by atoms with E-state index in [0.29, 0.717) is 31.7 Å². The Balaban J connectivity index is 1.67. The fourth-order valence-corrected chi connectivity index (χ4v) is 3.83. The minimum Gasteiger partial charge on any atom is -0.497 e. The van der Waals surface area contributed by atoms with Gasteiger partial charge < -0.3 is 20.1 Å². The molecule has 1 saturated heterocycles. The molecular formula is C22H25N3O3. The van der Waals surface area contributed by atoms with Gasteiger partial charge >= 0.3 is 0 Å². The number of aromatic amines is 1. The third-order valence-electron chi connectivity index (χ3n) is 5.35. The van der Waals surface area contributed by atoms with Crippen molar-refractivity contribution in [3.63, 3.8) is 0 Å². The van der Waals surface area contributed by atoms with Gasteiger partial charge in [0.2, 0.25) is 0 Å². The quantitative estimate of drug-likeness (QED) is 0.610. The minimum atomic E-state index is -0.455. The van der Waals surface area contributed by atoms with Crippen LogP contribution in [0.2, 0.25) is 0 Å². The van der Waals surface area contributed by atoms with Crippen molar-refractivity contribution in [2.75, 3.05) is 20.2 Å². The third kappa shape index (κ3) is 3.94. The van der Waals surface area contributed by atoms with Crippen LogP contribution in [0.4, 0.5) is 0 Å². The first-order valence-corrected chi connectivity index (χ1v) is 9.51.